The van der Waals surface area contributed by atoms with E-state index in [4.69, 9.17) is 11.2 Å². The summed E-state index contributed by atoms with van der Waals surface area (Å²) < 4.78 is 5.30. The zero-order valence-corrected chi connectivity index (χ0v) is 10.7. The Morgan fingerprint density at radius 1 is 1.32 bits per heavy atom. The van der Waals surface area contributed by atoms with Crippen molar-refractivity contribution in [2.24, 2.45) is 5.92 Å². The molecular formula is C16H16O3. The molecule has 19 heavy (non-hydrogen) atoms. The van der Waals surface area contributed by atoms with Gasteiger partial charge in [0.05, 0.1) is 0 Å². The maximum atomic E-state index is 12.0. The Morgan fingerprint density at radius 2 is 2.05 bits per heavy atom. The highest BCUT2D eigenvalue weighted by Crippen LogP contribution is 2.25. The maximum absolute atomic E-state index is 12.0. The van der Waals surface area contributed by atoms with E-state index in [2.05, 4.69) is 5.92 Å². The van der Waals surface area contributed by atoms with E-state index in [9.17, 15) is 9.59 Å². The van der Waals surface area contributed by atoms with Crippen molar-refractivity contribution in [1.82, 2.24) is 0 Å². The van der Waals surface area contributed by atoms with E-state index in [1.165, 1.54) is 0 Å². The normalized spacial score (nSPS) is 20.4. The van der Waals surface area contributed by atoms with E-state index < -0.39 is 18.0 Å². The van der Waals surface area contributed by atoms with Crippen molar-refractivity contribution < 1.29 is 14.3 Å². The van der Waals surface area contributed by atoms with Gasteiger partial charge in [0.25, 0.3) is 0 Å². The molecular weight excluding hydrogens is 240 g/mol. The van der Waals surface area contributed by atoms with Crippen LogP contribution in [0.4, 0.5) is 0 Å². The Bertz CT molecular complexity index is 498. The lowest BCUT2D eigenvalue weighted by molar-refractivity contribution is -0.156. The van der Waals surface area contributed by atoms with Crippen LogP contribution in [-0.4, -0.2) is 11.8 Å². The molecule has 0 aliphatic heterocycles. The van der Waals surface area contributed by atoms with Crippen molar-refractivity contribution in [2.75, 3.05) is 0 Å². The van der Waals surface area contributed by atoms with E-state index >= 15 is 0 Å². The van der Waals surface area contributed by atoms with Crippen LogP contribution in [0.3, 0.4) is 0 Å². The average Bonchev–Trinajstić information content (AvgIpc) is 2.46. The van der Waals surface area contributed by atoms with E-state index in [1.807, 2.05) is 18.2 Å². The van der Waals surface area contributed by atoms with Crippen molar-refractivity contribution in [3.63, 3.8) is 0 Å². The second-order valence-corrected chi connectivity index (χ2v) is 4.66. The highest BCUT2D eigenvalue weighted by atomic mass is 16.5. The summed E-state index contributed by atoms with van der Waals surface area (Å²) in [6.45, 7) is 0. The molecule has 1 aromatic rings. The number of hydrogen-bond donors (Lipinski definition) is 0. The first-order valence-corrected chi connectivity index (χ1v) is 6.46. The smallest absolute Gasteiger partial charge is 0.318 e. The van der Waals surface area contributed by atoms with E-state index in [0.29, 0.717) is 12.8 Å². The summed E-state index contributed by atoms with van der Waals surface area (Å²) in [6, 6.07) is 9.14. The molecule has 0 radical (unpaired) electrons. The Labute approximate surface area is 113 Å². The Kier molecular flexibility index (Phi) is 4.35. The number of benzene rings is 1. The van der Waals surface area contributed by atoms with Gasteiger partial charge in [-0.3, -0.25) is 9.59 Å². The molecule has 0 N–H and O–H groups in total. The van der Waals surface area contributed by atoms with Crippen molar-refractivity contribution >= 4 is 11.8 Å². The van der Waals surface area contributed by atoms with Crippen molar-refractivity contribution in [3.8, 4) is 12.3 Å². The first kappa shape index (κ1) is 13.4. The molecule has 1 aliphatic rings. The van der Waals surface area contributed by atoms with Crippen LogP contribution < -0.4 is 0 Å². The SMILES string of the molecule is C#CC(OC(=O)C1CCCCC1=O)c1ccccc1. The summed E-state index contributed by atoms with van der Waals surface area (Å²) in [4.78, 5) is 23.7. The van der Waals surface area contributed by atoms with Gasteiger partial charge in [-0.15, -0.1) is 6.42 Å². The van der Waals surface area contributed by atoms with Crippen LogP contribution >= 0.6 is 0 Å². The van der Waals surface area contributed by atoms with Crippen LogP contribution in [0.5, 0.6) is 0 Å². The van der Waals surface area contributed by atoms with Gasteiger partial charge in [-0.1, -0.05) is 42.7 Å². The van der Waals surface area contributed by atoms with Crippen LogP contribution in [0, 0.1) is 18.3 Å². The fraction of sp³-hybridized carbons (Fsp3) is 0.375. The number of carbonyl (C=O) groups is 2. The Morgan fingerprint density at radius 3 is 2.68 bits per heavy atom. The molecule has 1 aromatic carbocycles. The number of hydrogen-bond acceptors (Lipinski definition) is 3. The second kappa shape index (κ2) is 6.19. The largest absolute Gasteiger partial charge is 0.444 e. The molecule has 0 heterocycles. The molecule has 0 bridgehead atoms. The molecule has 2 unspecified atom stereocenters. The fourth-order valence-corrected chi connectivity index (χ4v) is 2.26. The molecule has 0 amide bonds. The molecule has 1 fully saturated rings. The number of ketones is 1. The highest BCUT2D eigenvalue weighted by Gasteiger charge is 2.31. The number of Topliss-reactive ketones (excluding diaryl/α,β-unsaturated/α-hetero) is 1. The molecule has 0 saturated heterocycles. The quantitative estimate of drug-likeness (QED) is 0.474. The molecule has 98 valence electrons. The summed E-state index contributed by atoms with van der Waals surface area (Å²) >= 11 is 0. The molecule has 1 saturated carbocycles. The van der Waals surface area contributed by atoms with Gasteiger partial charge in [-0.05, 0) is 12.8 Å². The van der Waals surface area contributed by atoms with Crippen LogP contribution in [0.25, 0.3) is 0 Å². The van der Waals surface area contributed by atoms with Gasteiger partial charge in [0, 0.05) is 12.0 Å². The molecule has 3 heteroatoms. The third-order valence-corrected chi connectivity index (χ3v) is 3.33. The van der Waals surface area contributed by atoms with Crippen LogP contribution in [0.15, 0.2) is 30.3 Å². The monoisotopic (exact) mass is 256 g/mol. The van der Waals surface area contributed by atoms with E-state index in [-0.39, 0.29) is 5.78 Å². The second-order valence-electron chi connectivity index (χ2n) is 4.66. The molecule has 3 nitrogen and oxygen atoms in total. The van der Waals surface area contributed by atoms with Gasteiger partial charge in [-0.25, -0.2) is 0 Å². The van der Waals surface area contributed by atoms with Crippen LogP contribution in [0.1, 0.15) is 37.4 Å². The topological polar surface area (TPSA) is 43.4 Å². The van der Waals surface area contributed by atoms with Gasteiger partial charge in [0.15, 0.2) is 6.10 Å². The maximum Gasteiger partial charge on any atom is 0.318 e. The number of ether oxygens (including phenoxy) is 1. The number of esters is 1. The number of rotatable bonds is 3. The first-order valence-electron chi connectivity index (χ1n) is 6.46. The molecule has 0 spiro atoms. The summed E-state index contributed by atoms with van der Waals surface area (Å²) in [5.74, 6) is 1.30. The zero-order valence-electron chi connectivity index (χ0n) is 10.7. The summed E-state index contributed by atoms with van der Waals surface area (Å²) in [5, 5.41) is 0. The summed E-state index contributed by atoms with van der Waals surface area (Å²) in [7, 11) is 0. The predicted molar refractivity (Wildman–Crippen MR) is 71.1 cm³/mol. The minimum Gasteiger partial charge on any atom is -0.444 e. The molecule has 2 atom stereocenters. The third-order valence-electron chi connectivity index (χ3n) is 3.33. The fourth-order valence-electron chi connectivity index (χ4n) is 2.26. The lowest BCUT2D eigenvalue weighted by Crippen LogP contribution is -2.29. The van der Waals surface area contributed by atoms with Crippen LogP contribution in [0.2, 0.25) is 0 Å². The van der Waals surface area contributed by atoms with E-state index in [1.54, 1.807) is 12.1 Å². The summed E-state index contributed by atoms with van der Waals surface area (Å²) in [5.41, 5.74) is 0.751. The van der Waals surface area contributed by atoms with Crippen molar-refractivity contribution in [1.29, 1.82) is 0 Å². The van der Waals surface area contributed by atoms with Crippen molar-refractivity contribution in [3.05, 3.63) is 35.9 Å². The zero-order chi connectivity index (χ0) is 13.7. The lowest BCUT2D eigenvalue weighted by atomic mass is 9.88. The molecule has 0 aromatic heterocycles. The molecule has 2 rings (SSSR count). The minimum atomic E-state index is -0.719. The number of carbonyl (C=O) groups excluding carboxylic acids is 2. The Balaban J connectivity index is 2.05. The highest BCUT2D eigenvalue weighted by molar-refractivity contribution is 5.99. The van der Waals surface area contributed by atoms with Gasteiger partial charge in [-0.2, -0.15) is 0 Å². The van der Waals surface area contributed by atoms with Gasteiger partial charge in [0.2, 0.25) is 0 Å². The van der Waals surface area contributed by atoms with Crippen molar-refractivity contribution in [2.45, 2.75) is 31.8 Å². The van der Waals surface area contributed by atoms with Crippen LogP contribution in [-0.2, 0) is 14.3 Å². The van der Waals surface area contributed by atoms with Gasteiger partial charge in [0.1, 0.15) is 11.7 Å². The third kappa shape index (κ3) is 3.23. The predicted octanol–water partition coefficient (Wildman–Crippen LogP) is 2.66. The summed E-state index contributed by atoms with van der Waals surface area (Å²) in [6.07, 6.45) is 7.47. The average molecular weight is 256 g/mol. The standard InChI is InChI=1S/C16H16O3/c1-2-15(12-8-4-3-5-9-12)19-16(18)13-10-6-7-11-14(13)17/h1,3-5,8-9,13,15H,6-7,10-11H2. The Hall–Kier alpha value is -2.08. The van der Waals surface area contributed by atoms with Gasteiger partial charge < -0.3 is 4.74 Å². The number of terminal acetylenes is 1. The minimum absolute atomic E-state index is 0.0277. The van der Waals surface area contributed by atoms with E-state index in [0.717, 1.165) is 18.4 Å². The molecule has 1 aliphatic carbocycles. The first-order chi connectivity index (χ1) is 9.22. The lowest BCUT2D eigenvalue weighted by Gasteiger charge is -2.21. The van der Waals surface area contributed by atoms with Gasteiger partial charge >= 0.3 is 5.97 Å².